The maximum atomic E-state index is 10.8. The van der Waals surface area contributed by atoms with Crippen LogP contribution in [0.3, 0.4) is 0 Å². The maximum Gasteiger partial charge on any atom is 0.163 e. The Hall–Kier alpha value is -1.50. The number of piperazine rings is 1. The molecular formula is C20H29ClN4OS. The van der Waals surface area contributed by atoms with Gasteiger partial charge in [-0.05, 0) is 56.2 Å². The SMILES string of the molecule is CN=C(N/C(C)=C(/Cl)C=O)c1ccc(N2CCN(CCCSC)CC2)cc1. The monoisotopic (exact) mass is 408 g/mol. The van der Waals surface area contributed by atoms with Crippen LogP contribution in [0.5, 0.6) is 0 Å². The van der Waals surface area contributed by atoms with Crippen molar-refractivity contribution >= 4 is 41.2 Å². The Labute approximate surface area is 171 Å². The summed E-state index contributed by atoms with van der Waals surface area (Å²) in [5.74, 6) is 1.93. The fourth-order valence-corrected chi connectivity index (χ4v) is 3.54. The lowest BCUT2D eigenvalue weighted by Crippen LogP contribution is -2.46. The van der Waals surface area contributed by atoms with Crippen molar-refractivity contribution in [3.05, 3.63) is 40.6 Å². The fraction of sp³-hybridized carbons (Fsp3) is 0.500. The summed E-state index contributed by atoms with van der Waals surface area (Å²) in [6.07, 6.45) is 4.06. The Kier molecular flexibility index (Phi) is 9.18. The van der Waals surface area contributed by atoms with Gasteiger partial charge in [0.2, 0.25) is 0 Å². The summed E-state index contributed by atoms with van der Waals surface area (Å²) in [6.45, 7) is 7.31. The average molecular weight is 409 g/mol. The van der Waals surface area contributed by atoms with Crippen LogP contribution in [0.4, 0.5) is 5.69 Å². The van der Waals surface area contributed by atoms with Gasteiger partial charge in [-0.25, -0.2) is 0 Å². The first-order chi connectivity index (χ1) is 13.1. The number of carbonyl (C=O) groups is 1. The van der Waals surface area contributed by atoms with Crippen molar-refractivity contribution in [3.8, 4) is 0 Å². The van der Waals surface area contributed by atoms with E-state index in [9.17, 15) is 4.79 Å². The van der Waals surface area contributed by atoms with Gasteiger partial charge < -0.3 is 10.2 Å². The Bertz CT molecular complexity index is 667. The summed E-state index contributed by atoms with van der Waals surface area (Å²) in [6, 6.07) is 8.37. The summed E-state index contributed by atoms with van der Waals surface area (Å²) in [5, 5.41) is 3.26. The van der Waals surface area contributed by atoms with Crippen molar-refractivity contribution in [1.82, 2.24) is 10.2 Å². The molecule has 5 nitrogen and oxygen atoms in total. The van der Waals surface area contributed by atoms with Crippen LogP contribution in [0, 0.1) is 0 Å². The molecule has 1 aliphatic heterocycles. The van der Waals surface area contributed by atoms with E-state index in [2.05, 4.69) is 50.6 Å². The lowest BCUT2D eigenvalue weighted by molar-refractivity contribution is -0.104. The first-order valence-corrected chi connectivity index (χ1v) is 11.0. The molecular weight excluding hydrogens is 380 g/mol. The fourth-order valence-electron chi connectivity index (χ4n) is 3.08. The summed E-state index contributed by atoms with van der Waals surface area (Å²) >= 11 is 7.79. The van der Waals surface area contributed by atoms with Crippen LogP contribution in [-0.2, 0) is 4.79 Å². The summed E-state index contributed by atoms with van der Waals surface area (Å²) in [4.78, 5) is 20.1. The summed E-state index contributed by atoms with van der Waals surface area (Å²) in [5.41, 5.74) is 2.79. The van der Waals surface area contributed by atoms with Crippen LogP contribution < -0.4 is 10.2 Å². The average Bonchev–Trinajstić information content (AvgIpc) is 2.72. The molecule has 1 saturated heterocycles. The molecule has 0 radical (unpaired) electrons. The second kappa shape index (κ2) is 11.4. The van der Waals surface area contributed by atoms with Crippen LogP contribution in [0.2, 0.25) is 0 Å². The number of nitrogens with one attached hydrogen (secondary N) is 1. The van der Waals surface area contributed by atoms with Crippen molar-refractivity contribution in [3.63, 3.8) is 0 Å². The smallest absolute Gasteiger partial charge is 0.163 e. The van der Waals surface area contributed by atoms with Gasteiger partial charge in [0.15, 0.2) is 6.29 Å². The third-order valence-corrected chi connectivity index (χ3v) is 5.76. The van der Waals surface area contributed by atoms with Gasteiger partial charge in [0.05, 0.1) is 5.03 Å². The minimum absolute atomic E-state index is 0.156. The van der Waals surface area contributed by atoms with Crippen molar-refractivity contribution in [2.45, 2.75) is 13.3 Å². The van der Waals surface area contributed by atoms with Crippen molar-refractivity contribution in [2.75, 3.05) is 56.7 Å². The van der Waals surface area contributed by atoms with Gasteiger partial charge in [-0.3, -0.25) is 14.7 Å². The molecule has 1 aliphatic rings. The van der Waals surface area contributed by atoms with E-state index < -0.39 is 0 Å². The molecule has 1 fully saturated rings. The zero-order valence-electron chi connectivity index (χ0n) is 16.4. The van der Waals surface area contributed by atoms with Gasteiger partial charge in [-0.2, -0.15) is 11.8 Å². The highest BCUT2D eigenvalue weighted by molar-refractivity contribution is 7.98. The zero-order valence-corrected chi connectivity index (χ0v) is 17.9. The number of aldehydes is 1. The van der Waals surface area contributed by atoms with E-state index in [0.29, 0.717) is 17.8 Å². The Morgan fingerprint density at radius 1 is 1.26 bits per heavy atom. The van der Waals surface area contributed by atoms with Crippen LogP contribution >= 0.6 is 23.4 Å². The molecule has 1 aromatic rings. The molecule has 0 atom stereocenters. The molecule has 2 rings (SSSR count). The predicted molar refractivity (Wildman–Crippen MR) is 118 cm³/mol. The molecule has 0 aromatic heterocycles. The normalized spacial score (nSPS) is 16.9. The number of benzene rings is 1. The second-order valence-electron chi connectivity index (χ2n) is 6.51. The van der Waals surface area contributed by atoms with Gasteiger partial charge in [0.1, 0.15) is 5.84 Å². The van der Waals surface area contributed by atoms with Crippen molar-refractivity contribution < 1.29 is 4.79 Å². The van der Waals surface area contributed by atoms with Gasteiger partial charge in [0, 0.05) is 50.2 Å². The Balaban J connectivity index is 1.94. The first-order valence-electron chi connectivity index (χ1n) is 9.21. The third kappa shape index (κ3) is 6.55. The number of amidine groups is 1. The van der Waals surface area contributed by atoms with E-state index in [1.807, 2.05) is 11.8 Å². The van der Waals surface area contributed by atoms with Crippen molar-refractivity contribution in [2.24, 2.45) is 4.99 Å². The molecule has 0 spiro atoms. The minimum atomic E-state index is 0.156. The van der Waals surface area contributed by atoms with E-state index in [4.69, 9.17) is 11.6 Å². The minimum Gasteiger partial charge on any atom is -0.369 e. The van der Waals surface area contributed by atoms with E-state index in [0.717, 1.165) is 31.7 Å². The number of nitrogens with zero attached hydrogens (tertiary/aromatic N) is 3. The van der Waals surface area contributed by atoms with E-state index in [1.54, 1.807) is 14.0 Å². The number of hydrogen-bond donors (Lipinski definition) is 1. The standard InChI is InChI=1S/C20H29ClN4OS/c1-16(19(21)15-26)23-20(22-2)17-5-7-18(8-6-17)25-12-10-24(11-13-25)9-4-14-27-3/h5-8,15H,4,9-14H2,1-3H3,(H,22,23)/b19-16+. The predicted octanol–water partition coefficient (Wildman–Crippen LogP) is 3.20. The molecule has 7 heteroatoms. The molecule has 0 amide bonds. The van der Waals surface area contributed by atoms with Crippen LogP contribution in [0.25, 0.3) is 0 Å². The molecule has 148 valence electrons. The lowest BCUT2D eigenvalue weighted by Gasteiger charge is -2.36. The van der Waals surface area contributed by atoms with E-state index >= 15 is 0 Å². The zero-order chi connectivity index (χ0) is 19.6. The molecule has 0 aliphatic carbocycles. The summed E-state index contributed by atoms with van der Waals surface area (Å²) in [7, 11) is 1.72. The molecule has 0 saturated carbocycles. The van der Waals surface area contributed by atoms with Gasteiger partial charge in [-0.1, -0.05) is 11.6 Å². The molecule has 27 heavy (non-hydrogen) atoms. The largest absolute Gasteiger partial charge is 0.369 e. The first kappa shape index (κ1) is 21.8. The number of thioether (sulfide) groups is 1. The topological polar surface area (TPSA) is 47.9 Å². The van der Waals surface area contributed by atoms with Gasteiger partial charge in [-0.15, -0.1) is 0 Å². The number of anilines is 1. The third-order valence-electron chi connectivity index (χ3n) is 4.69. The Morgan fingerprint density at radius 3 is 2.48 bits per heavy atom. The van der Waals surface area contributed by atoms with Crippen LogP contribution in [-0.4, -0.2) is 68.8 Å². The number of aliphatic imine (C=N–C) groups is 1. The number of rotatable bonds is 8. The quantitative estimate of drug-likeness (QED) is 0.235. The number of halogens is 1. The highest BCUT2D eigenvalue weighted by Gasteiger charge is 2.17. The molecule has 0 unspecified atom stereocenters. The molecule has 0 bridgehead atoms. The Morgan fingerprint density at radius 2 is 1.93 bits per heavy atom. The molecule has 1 N–H and O–H groups in total. The lowest BCUT2D eigenvalue weighted by atomic mass is 10.1. The number of allylic oxidation sites excluding steroid dienone is 2. The summed E-state index contributed by atoms with van der Waals surface area (Å²) < 4.78 is 0. The molecule has 1 heterocycles. The van der Waals surface area contributed by atoms with Gasteiger partial charge in [0.25, 0.3) is 0 Å². The molecule has 1 aromatic carbocycles. The highest BCUT2D eigenvalue weighted by atomic mass is 35.5. The second-order valence-corrected chi connectivity index (χ2v) is 7.90. The van der Waals surface area contributed by atoms with E-state index in [1.165, 1.54) is 24.4 Å². The maximum absolute atomic E-state index is 10.8. The van der Waals surface area contributed by atoms with Crippen LogP contribution in [0.1, 0.15) is 18.9 Å². The highest BCUT2D eigenvalue weighted by Crippen LogP contribution is 2.18. The van der Waals surface area contributed by atoms with Crippen LogP contribution in [0.15, 0.2) is 40.0 Å². The van der Waals surface area contributed by atoms with E-state index in [-0.39, 0.29) is 5.03 Å². The van der Waals surface area contributed by atoms with Crippen molar-refractivity contribution in [1.29, 1.82) is 0 Å². The van der Waals surface area contributed by atoms with Gasteiger partial charge >= 0.3 is 0 Å². The number of hydrogen-bond acceptors (Lipinski definition) is 5. The number of carbonyl (C=O) groups excluding carboxylic acids is 1.